The Balaban J connectivity index is 3.28. The van der Waals surface area contributed by atoms with E-state index in [4.69, 9.17) is 4.74 Å². The number of nitrogens with one attached hydrogen (secondary N) is 1. The highest BCUT2D eigenvalue weighted by molar-refractivity contribution is 4.60. The maximum Gasteiger partial charge on any atom is 0.0469 e. The molecule has 0 aromatic carbocycles. The van der Waals surface area contributed by atoms with Crippen LogP contribution in [0.2, 0.25) is 0 Å². The van der Waals surface area contributed by atoms with Gasteiger partial charge in [-0.2, -0.15) is 0 Å². The van der Waals surface area contributed by atoms with Crippen LogP contribution in [0.4, 0.5) is 0 Å². The molecule has 0 aliphatic heterocycles. The number of rotatable bonds is 10. The molecule has 0 bridgehead atoms. The van der Waals surface area contributed by atoms with Gasteiger partial charge in [0, 0.05) is 13.2 Å². The third kappa shape index (κ3) is 8.52. The summed E-state index contributed by atoms with van der Waals surface area (Å²) in [4.78, 5) is 0. The van der Waals surface area contributed by atoms with E-state index in [1.807, 2.05) is 0 Å². The Hall–Kier alpha value is -0.0800. The molecule has 0 saturated carbocycles. The summed E-state index contributed by atoms with van der Waals surface area (Å²) in [5.74, 6) is 0.790. The van der Waals surface area contributed by atoms with Gasteiger partial charge in [0.1, 0.15) is 0 Å². The monoisotopic (exact) mass is 201 g/mol. The molecule has 0 saturated heterocycles. The van der Waals surface area contributed by atoms with Crippen LogP contribution >= 0.6 is 0 Å². The number of hydrogen-bond donors (Lipinski definition) is 1. The van der Waals surface area contributed by atoms with Gasteiger partial charge in [-0.25, -0.2) is 0 Å². The smallest absolute Gasteiger partial charge is 0.0469 e. The van der Waals surface area contributed by atoms with E-state index in [-0.39, 0.29) is 0 Å². The van der Waals surface area contributed by atoms with Gasteiger partial charge < -0.3 is 10.1 Å². The van der Waals surface area contributed by atoms with Crippen LogP contribution in [0.3, 0.4) is 0 Å². The lowest BCUT2D eigenvalue weighted by Crippen LogP contribution is -2.24. The molecule has 0 rings (SSSR count). The molecule has 0 radical (unpaired) electrons. The van der Waals surface area contributed by atoms with Crippen molar-refractivity contribution in [2.45, 2.75) is 46.5 Å². The highest BCUT2D eigenvalue weighted by Crippen LogP contribution is 2.06. The van der Waals surface area contributed by atoms with Crippen molar-refractivity contribution in [1.82, 2.24) is 5.32 Å². The molecule has 1 N–H and O–H groups in total. The summed E-state index contributed by atoms with van der Waals surface area (Å²) in [6.07, 6.45) is 5.03. The average molecular weight is 201 g/mol. The molecule has 1 atom stereocenters. The molecule has 2 heteroatoms. The lowest BCUT2D eigenvalue weighted by molar-refractivity contribution is 0.131. The van der Waals surface area contributed by atoms with E-state index in [0.717, 1.165) is 25.7 Å². The minimum atomic E-state index is 0.790. The van der Waals surface area contributed by atoms with Crippen LogP contribution in [0.15, 0.2) is 0 Å². The Labute approximate surface area is 89.4 Å². The first-order chi connectivity index (χ1) is 6.85. The average Bonchev–Trinajstić information content (AvgIpc) is 2.22. The van der Waals surface area contributed by atoms with Crippen molar-refractivity contribution in [2.75, 3.05) is 26.3 Å². The third-order valence-electron chi connectivity index (χ3n) is 2.59. The zero-order valence-electron chi connectivity index (χ0n) is 10.1. The van der Waals surface area contributed by atoms with Crippen LogP contribution < -0.4 is 5.32 Å². The van der Waals surface area contributed by atoms with Gasteiger partial charge in [0.15, 0.2) is 0 Å². The highest BCUT2D eigenvalue weighted by Gasteiger charge is 2.04. The lowest BCUT2D eigenvalue weighted by Gasteiger charge is -2.15. The second kappa shape index (κ2) is 11.0. The van der Waals surface area contributed by atoms with E-state index in [2.05, 4.69) is 26.1 Å². The second-order valence-corrected chi connectivity index (χ2v) is 3.82. The Morgan fingerprint density at radius 1 is 1.21 bits per heavy atom. The topological polar surface area (TPSA) is 21.3 Å². The van der Waals surface area contributed by atoms with Gasteiger partial charge in [-0.1, -0.05) is 26.7 Å². The SMILES string of the molecule is CCCCNC[C@@H](CC)CCOCC. The second-order valence-electron chi connectivity index (χ2n) is 3.82. The standard InChI is InChI=1S/C12H27NO/c1-4-7-9-13-11-12(5-2)8-10-14-6-3/h12-13H,4-11H2,1-3H3/t12-/m0/s1. The Kier molecular flexibility index (Phi) is 10.9. The first-order valence-corrected chi connectivity index (χ1v) is 6.13. The fraction of sp³-hybridized carbons (Fsp3) is 1.00. The van der Waals surface area contributed by atoms with Crippen molar-refractivity contribution >= 4 is 0 Å². The van der Waals surface area contributed by atoms with Gasteiger partial charge in [0.2, 0.25) is 0 Å². The van der Waals surface area contributed by atoms with Gasteiger partial charge in [-0.05, 0) is 38.8 Å². The fourth-order valence-corrected chi connectivity index (χ4v) is 1.45. The number of unbranched alkanes of at least 4 members (excludes halogenated alkanes) is 1. The van der Waals surface area contributed by atoms with E-state index in [9.17, 15) is 0 Å². The van der Waals surface area contributed by atoms with Crippen molar-refractivity contribution in [3.63, 3.8) is 0 Å². The van der Waals surface area contributed by atoms with Crippen LogP contribution in [-0.4, -0.2) is 26.3 Å². The van der Waals surface area contributed by atoms with Gasteiger partial charge in [-0.15, -0.1) is 0 Å². The van der Waals surface area contributed by atoms with Crippen LogP contribution in [0, 0.1) is 5.92 Å². The molecule has 0 unspecified atom stereocenters. The molecule has 86 valence electrons. The van der Waals surface area contributed by atoms with Crippen LogP contribution in [0.1, 0.15) is 46.5 Å². The first kappa shape index (κ1) is 13.9. The zero-order valence-corrected chi connectivity index (χ0v) is 10.1. The lowest BCUT2D eigenvalue weighted by atomic mass is 10.0. The van der Waals surface area contributed by atoms with Crippen molar-refractivity contribution in [2.24, 2.45) is 5.92 Å². The Morgan fingerprint density at radius 3 is 2.57 bits per heavy atom. The van der Waals surface area contributed by atoms with Crippen LogP contribution in [0.25, 0.3) is 0 Å². The summed E-state index contributed by atoms with van der Waals surface area (Å²) >= 11 is 0. The predicted molar refractivity (Wildman–Crippen MR) is 62.7 cm³/mol. The summed E-state index contributed by atoms with van der Waals surface area (Å²) in [5, 5.41) is 3.51. The number of ether oxygens (including phenoxy) is 1. The normalized spacial score (nSPS) is 13.1. The molecule has 14 heavy (non-hydrogen) atoms. The molecular weight excluding hydrogens is 174 g/mol. The molecule has 0 aliphatic rings. The quantitative estimate of drug-likeness (QED) is 0.549. The Bertz CT molecular complexity index is 106. The van der Waals surface area contributed by atoms with Crippen LogP contribution in [-0.2, 0) is 4.74 Å². The molecular formula is C12H27NO. The predicted octanol–water partition coefficient (Wildman–Crippen LogP) is 2.83. The third-order valence-corrected chi connectivity index (χ3v) is 2.59. The van der Waals surface area contributed by atoms with Gasteiger partial charge >= 0.3 is 0 Å². The largest absolute Gasteiger partial charge is 0.382 e. The molecule has 0 heterocycles. The van der Waals surface area contributed by atoms with Gasteiger partial charge in [0.25, 0.3) is 0 Å². The maximum atomic E-state index is 5.37. The molecule has 0 fully saturated rings. The molecule has 0 aromatic rings. The molecule has 0 spiro atoms. The minimum Gasteiger partial charge on any atom is -0.382 e. The van der Waals surface area contributed by atoms with Gasteiger partial charge in [-0.3, -0.25) is 0 Å². The summed E-state index contributed by atoms with van der Waals surface area (Å²) in [6, 6.07) is 0. The molecule has 0 amide bonds. The maximum absolute atomic E-state index is 5.37. The first-order valence-electron chi connectivity index (χ1n) is 6.13. The summed E-state index contributed by atoms with van der Waals surface area (Å²) in [6.45, 7) is 10.6. The molecule has 0 aromatic heterocycles. The van der Waals surface area contributed by atoms with Gasteiger partial charge in [0.05, 0.1) is 0 Å². The fourth-order valence-electron chi connectivity index (χ4n) is 1.45. The van der Waals surface area contributed by atoms with Crippen molar-refractivity contribution in [3.05, 3.63) is 0 Å². The number of hydrogen-bond acceptors (Lipinski definition) is 2. The van der Waals surface area contributed by atoms with E-state index >= 15 is 0 Å². The summed E-state index contributed by atoms with van der Waals surface area (Å²) < 4.78 is 5.37. The molecule has 0 aliphatic carbocycles. The molecule has 2 nitrogen and oxygen atoms in total. The van der Waals surface area contributed by atoms with E-state index in [1.165, 1.54) is 32.2 Å². The van der Waals surface area contributed by atoms with E-state index in [1.54, 1.807) is 0 Å². The van der Waals surface area contributed by atoms with E-state index in [0.29, 0.717) is 0 Å². The summed E-state index contributed by atoms with van der Waals surface area (Å²) in [7, 11) is 0. The van der Waals surface area contributed by atoms with Crippen LogP contribution in [0.5, 0.6) is 0 Å². The summed E-state index contributed by atoms with van der Waals surface area (Å²) in [5.41, 5.74) is 0. The Morgan fingerprint density at radius 2 is 2.00 bits per heavy atom. The van der Waals surface area contributed by atoms with Crippen molar-refractivity contribution in [1.29, 1.82) is 0 Å². The van der Waals surface area contributed by atoms with Crippen molar-refractivity contribution < 1.29 is 4.74 Å². The zero-order chi connectivity index (χ0) is 10.6. The minimum absolute atomic E-state index is 0.790. The van der Waals surface area contributed by atoms with Crippen molar-refractivity contribution in [3.8, 4) is 0 Å². The highest BCUT2D eigenvalue weighted by atomic mass is 16.5. The van der Waals surface area contributed by atoms with E-state index < -0.39 is 0 Å².